The molecule has 0 radical (unpaired) electrons. The number of aromatic amines is 1. The Balaban J connectivity index is 2.69. The molecule has 1 aromatic heterocycles. The minimum atomic E-state index is 0.542. The van der Waals surface area contributed by atoms with Crippen LogP contribution in [0.3, 0.4) is 0 Å². The number of benzene rings is 1. The zero-order valence-electron chi connectivity index (χ0n) is 9.28. The summed E-state index contributed by atoms with van der Waals surface area (Å²) in [6, 6.07) is 3.71. The van der Waals surface area contributed by atoms with Crippen LogP contribution in [0.4, 0.5) is 0 Å². The molecule has 94 valence electrons. The van der Waals surface area contributed by atoms with Gasteiger partial charge in [0.05, 0.1) is 10.5 Å². The third kappa shape index (κ3) is 2.32. The summed E-state index contributed by atoms with van der Waals surface area (Å²) in [5, 5.41) is 1.57. The smallest absolute Gasteiger partial charge is 0.0575 e. The van der Waals surface area contributed by atoms with E-state index in [9.17, 15) is 0 Å². The number of hydrogen-bond donors (Lipinski definition) is 3. The van der Waals surface area contributed by atoms with Gasteiger partial charge in [-0.05, 0) is 46.1 Å². The highest BCUT2D eigenvalue weighted by molar-refractivity contribution is 8.21. The first-order valence-corrected chi connectivity index (χ1v) is 7.13. The second-order valence-electron chi connectivity index (χ2n) is 3.58. The summed E-state index contributed by atoms with van der Waals surface area (Å²) in [6.45, 7) is 0. The van der Waals surface area contributed by atoms with Crippen molar-refractivity contribution in [3.63, 3.8) is 0 Å². The molecule has 0 unspecified atom stereocenters. The first kappa shape index (κ1) is 13.2. The molecule has 3 nitrogen and oxygen atoms in total. The van der Waals surface area contributed by atoms with Crippen LogP contribution < -0.4 is 11.5 Å². The van der Waals surface area contributed by atoms with Crippen LogP contribution in [0, 0.1) is 0 Å². The molecular formula is C12H11Cl2N3S. The molecule has 2 aromatic rings. The Morgan fingerprint density at radius 2 is 2.17 bits per heavy atom. The van der Waals surface area contributed by atoms with Crippen LogP contribution in [0.5, 0.6) is 0 Å². The normalized spacial score (nSPS) is 12.7. The van der Waals surface area contributed by atoms with E-state index in [-0.39, 0.29) is 0 Å². The van der Waals surface area contributed by atoms with E-state index in [0.29, 0.717) is 10.7 Å². The van der Waals surface area contributed by atoms with Crippen LogP contribution in [-0.4, -0.2) is 4.98 Å². The fourth-order valence-corrected chi connectivity index (χ4v) is 2.74. The first-order chi connectivity index (χ1) is 8.69. The van der Waals surface area contributed by atoms with Gasteiger partial charge < -0.3 is 16.5 Å². The molecule has 0 aliphatic heterocycles. The average Bonchev–Trinajstić information content (AvgIpc) is 2.78. The number of rotatable bonds is 3. The number of nitrogens with one attached hydrogen (secondary N) is 1. The molecule has 0 aliphatic carbocycles. The number of nitrogens with two attached hydrogens (primary N) is 2. The van der Waals surface area contributed by atoms with Gasteiger partial charge in [-0.2, -0.15) is 0 Å². The van der Waals surface area contributed by atoms with Crippen LogP contribution in [0.2, 0.25) is 5.02 Å². The largest absolute Gasteiger partial charge is 0.405 e. The van der Waals surface area contributed by atoms with Crippen molar-refractivity contribution in [3.8, 4) is 0 Å². The Labute approximate surface area is 118 Å². The summed E-state index contributed by atoms with van der Waals surface area (Å²) < 4.78 is 0. The lowest BCUT2D eigenvalue weighted by Gasteiger charge is -2.06. The van der Waals surface area contributed by atoms with Crippen molar-refractivity contribution in [1.82, 2.24) is 4.98 Å². The minimum Gasteiger partial charge on any atom is -0.405 e. The van der Waals surface area contributed by atoms with E-state index >= 15 is 0 Å². The van der Waals surface area contributed by atoms with Crippen molar-refractivity contribution in [1.29, 1.82) is 0 Å². The van der Waals surface area contributed by atoms with Crippen molar-refractivity contribution >= 4 is 49.9 Å². The van der Waals surface area contributed by atoms with Crippen LogP contribution >= 0.6 is 33.3 Å². The summed E-state index contributed by atoms with van der Waals surface area (Å²) in [5.41, 5.74) is 13.5. The lowest BCUT2D eigenvalue weighted by atomic mass is 10.1. The van der Waals surface area contributed by atoms with Gasteiger partial charge in [-0.25, -0.2) is 0 Å². The number of fused-ring (bicyclic) bond motifs is 1. The van der Waals surface area contributed by atoms with Gasteiger partial charge in [0.2, 0.25) is 0 Å². The molecule has 1 heterocycles. The molecule has 5 N–H and O–H groups in total. The third-order valence-corrected chi connectivity index (χ3v) is 3.84. The second-order valence-corrected chi connectivity index (χ2v) is 5.05. The predicted octanol–water partition coefficient (Wildman–Crippen LogP) is 3.84. The minimum absolute atomic E-state index is 0.542. The maximum Gasteiger partial charge on any atom is 0.0575 e. The average molecular weight is 300 g/mol. The maximum absolute atomic E-state index is 6.19. The van der Waals surface area contributed by atoms with E-state index in [1.165, 1.54) is 6.20 Å². The molecule has 0 aliphatic rings. The fourth-order valence-electron chi connectivity index (χ4n) is 1.74. The molecule has 0 saturated heterocycles. The van der Waals surface area contributed by atoms with Crippen molar-refractivity contribution in [2.75, 3.05) is 0 Å². The predicted molar refractivity (Wildman–Crippen MR) is 80.5 cm³/mol. The monoisotopic (exact) mass is 299 g/mol. The topological polar surface area (TPSA) is 67.8 Å². The molecular weight excluding hydrogens is 289 g/mol. The molecule has 18 heavy (non-hydrogen) atoms. The fraction of sp³-hybridized carbons (Fsp3) is 0. The van der Waals surface area contributed by atoms with Crippen LogP contribution in [0.25, 0.3) is 16.6 Å². The molecule has 2 rings (SSSR count). The maximum atomic E-state index is 6.19. The Bertz CT molecular complexity index is 632. The van der Waals surface area contributed by atoms with Gasteiger partial charge in [-0.1, -0.05) is 17.7 Å². The van der Waals surface area contributed by atoms with Gasteiger partial charge in [-0.3, -0.25) is 0 Å². The SMILES string of the molecule is N/C=C\C=C(/N)c1c(Cl)ccc2c(SCl)c[nH]c12. The summed E-state index contributed by atoms with van der Waals surface area (Å²) >= 11 is 6.19. The number of H-pyrrole nitrogens is 1. The Hall–Kier alpha value is -1.23. The van der Waals surface area contributed by atoms with E-state index < -0.39 is 0 Å². The highest BCUT2D eigenvalue weighted by atomic mass is 35.7. The van der Waals surface area contributed by atoms with Crippen molar-refractivity contribution in [3.05, 3.63) is 47.3 Å². The van der Waals surface area contributed by atoms with E-state index in [2.05, 4.69) is 4.98 Å². The van der Waals surface area contributed by atoms with E-state index in [1.807, 2.05) is 12.3 Å². The molecule has 0 saturated carbocycles. The molecule has 0 atom stereocenters. The van der Waals surface area contributed by atoms with Crippen molar-refractivity contribution in [2.24, 2.45) is 11.5 Å². The third-order valence-electron chi connectivity index (χ3n) is 2.53. The zero-order valence-corrected chi connectivity index (χ0v) is 11.6. The van der Waals surface area contributed by atoms with Crippen molar-refractivity contribution in [2.45, 2.75) is 4.90 Å². The number of aromatic nitrogens is 1. The van der Waals surface area contributed by atoms with Crippen molar-refractivity contribution < 1.29 is 0 Å². The molecule has 0 bridgehead atoms. The molecule has 6 heteroatoms. The first-order valence-electron chi connectivity index (χ1n) is 5.11. The number of halogens is 2. The van der Waals surface area contributed by atoms with Crippen LogP contribution in [-0.2, 0) is 0 Å². The quantitative estimate of drug-likeness (QED) is 0.754. The summed E-state index contributed by atoms with van der Waals surface area (Å²) in [5.74, 6) is 0. The molecule has 0 spiro atoms. The molecule has 0 amide bonds. The Kier molecular flexibility index (Phi) is 4.11. The van der Waals surface area contributed by atoms with E-state index in [4.69, 9.17) is 33.8 Å². The van der Waals surface area contributed by atoms with Crippen LogP contribution in [0.15, 0.2) is 41.6 Å². The van der Waals surface area contributed by atoms with E-state index in [1.54, 1.807) is 18.2 Å². The lowest BCUT2D eigenvalue weighted by Crippen LogP contribution is -1.98. The highest BCUT2D eigenvalue weighted by Gasteiger charge is 2.12. The number of allylic oxidation sites excluding steroid dienone is 2. The van der Waals surface area contributed by atoms with Gasteiger partial charge in [0.25, 0.3) is 0 Å². The summed E-state index contributed by atoms with van der Waals surface area (Å²) in [7, 11) is 6.95. The summed E-state index contributed by atoms with van der Waals surface area (Å²) in [6.07, 6.45) is 6.60. The molecule has 0 fully saturated rings. The Morgan fingerprint density at radius 3 is 2.83 bits per heavy atom. The van der Waals surface area contributed by atoms with Gasteiger partial charge in [0, 0.05) is 27.7 Å². The van der Waals surface area contributed by atoms with Gasteiger partial charge in [0.15, 0.2) is 0 Å². The lowest BCUT2D eigenvalue weighted by molar-refractivity contribution is 1.41. The van der Waals surface area contributed by atoms with E-state index in [0.717, 1.165) is 32.3 Å². The van der Waals surface area contributed by atoms with Crippen LogP contribution in [0.1, 0.15) is 5.56 Å². The number of hydrogen-bond acceptors (Lipinski definition) is 3. The molecule has 1 aromatic carbocycles. The highest BCUT2D eigenvalue weighted by Crippen LogP contribution is 2.36. The second kappa shape index (κ2) is 5.61. The van der Waals surface area contributed by atoms with Gasteiger partial charge in [-0.15, -0.1) is 0 Å². The van der Waals surface area contributed by atoms with Gasteiger partial charge >= 0.3 is 0 Å². The zero-order chi connectivity index (χ0) is 13.1. The Morgan fingerprint density at radius 1 is 1.39 bits per heavy atom. The summed E-state index contributed by atoms with van der Waals surface area (Å²) in [4.78, 5) is 4.08. The van der Waals surface area contributed by atoms with Gasteiger partial charge in [0.1, 0.15) is 0 Å². The standard InChI is InChI=1S/C12H11Cl2N3S/c13-8-4-3-7-10(18-14)6-17-12(7)11(8)9(16)2-1-5-15/h1-6,17H,15-16H2/b5-1-,9-2-.